The minimum absolute atomic E-state index is 0.150. The van der Waals surface area contributed by atoms with Gasteiger partial charge in [0.1, 0.15) is 11.9 Å². The second kappa shape index (κ2) is 8.53. The molecule has 2 aliphatic heterocycles. The number of methoxy groups -OCH3 is 1. The highest BCUT2D eigenvalue weighted by atomic mass is 32.2. The van der Waals surface area contributed by atoms with Gasteiger partial charge in [0, 0.05) is 47.2 Å². The van der Waals surface area contributed by atoms with Crippen LogP contribution in [0.2, 0.25) is 0 Å². The Morgan fingerprint density at radius 1 is 1.14 bits per heavy atom. The summed E-state index contributed by atoms with van der Waals surface area (Å²) in [6.07, 6.45) is 0.639. The summed E-state index contributed by atoms with van der Waals surface area (Å²) in [5.74, 6) is -0.538. The van der Waals surface area contributed by atoms with Crippen molar-refractivity contribution in [3.05, 3.63) is 64.8 Å². The fourth-order valence-electron chi connectivity index (χ4n) is 4.69. The number of carbonyl (C=O) groups is 2. The molecule has 3 aromatic rings. The molecule has 35 heavy (non-hydrogen) atoms. The summed E-state index contributed by atoms with van der Waals surface area (Å²) < 4.78 is 32.3. The van der Waals surface area contributed by atoms with Crippen LogP contribution in [0.25, 0.3) is 10.9 Å². The van der Waals surface area contributed by atoms with E-state index >= 15 is 0 Å². The van der Waals surface area contributed by atoms with Crippen LogP contribution in [0.3, 0.4) is 0 Å². The Kier molecular flexibility index (Phi) is 5.63. The number of aromatic amines is 1. The lowest BCUT2D eigenvalue weighted by Crippen LogP contribution is -2.44. The number of aromatic nitrogens is 1. The van der Waals surface area contributed by atoms with Crippen molar-refractivity contribution in [2.75, 3.05) is 13.7 Å². The largest absolute Gasteiger partial charge is 0.465 e. The van der Waals surface area contributed by atoms with Crippen molar-refractivity contribution in [1.29, 1.82) is 0 Å². The summed E-state index contributed by atoms with van der Waals surface area (Å²) in [6.45, 7) is 4.67. The van der Waals surface area contributed by atoms with E-state index in [2.05, 4.69) is 14.7 Å². The Hall–Kier alpha value is -3.66. The fourth-order valence-corrected chi connectivity index (χ4v) is 5.93. The van der Waals surface area contributed by atoms with Gasteiger partial charge < -0.3 is 14.6 Å². The number of fused-ring (bicyclic) bond motifs is 4. The Labute approximate surface area is 203 Å². The zero-order valence-electron chi connectivity index (χ0n) is 19.7. The van der Waals surface area contributed by atoms with E-state index in [4.69, 9.17) is 4.74 Å². The summed E-state index contributed by atoms with van der Waals surface area (Å²) >= 11 is 0. The van der Waals surface area contributed by atoms with E-state index in [1.165, 1.54) is 13.2 Å². The summed E-state index contributed by atoms with van der Waals surface area (Å²) in [5.41, 5.74) is 3.82. The van der Waals surface area contributed by atoms with Gasteiger partial charge >= 0.3 is 5.97 Å². The summed E-state index contributed by atoms with van der Waals surface area (Å²) in [7, 11) is -2.35. The molecule has 0 bridgehead atoms. The van der Waals surface area contributed by atoms with Crippen LogP contribution in [0.4, 0.5) is 0 Å². The number of esters is 1. The van der Waals surface area contributed by atoms with E-state index < -0.39 is 22.0 Å². The topological polar surface area (TPSA) is 121 Å². The molecule has 10 heteroatoms. The van der Waals surface area contributed by atoms with E-state index in [0.29, 0.717) is 30.6 Å². The van der Waals surface area contributed by atoms with Gasteiger partial charge in [-0.3, -0.25) is 14.5 Å². The number of hydrogen-bond donors (Lipinski definition) is 2. The number of nitrogens with zero attached hydrogens (tertiary/aromatic N) is 2. The van der Waals surface area contributed by atoms with Crippen LogP contribution in [0, 0.1) is 5.92 Å². The highest BCUT2D eigenvalue weighted by molar-refractivity contribution is 7.90. The predicted octanol–water partition coefficient (Wildman–Crippen LogP) is 2.60. The molecule has 0 radical (unpaired) electrons. The molecule has 0 saturated heterocycles. The molecular weight excluding hydrogens is 468 g/mol. The van der Waals surface area contributed by atoms with Gasteiger partial charge in [-0.15, -0.1) is 0 Å². The maximum atomic E-state index is 13.6. The smallest absolute Gasteiger partial charge is 0.337 e. The van der Waals surface area contributed by atoms with Gasteiger partial charge in [-0.05, 0) is 36.2 Å². The first-order chi connectivity index (χ1) is 16.7. The summed E-state index contributed by atoms with van der Waals surface area (Å²) in [6, 6.07) is 11.2. The van der Waals surface area contributed by atoms with Crippen molar-refractivity contribution in [3.8, 4) is 0 Å². The number of rotatable bonds is 4. The molecule has 5 rings (SSSR count). The zero-order chi connectivity index (χ0) is 24.9. The molecule has 2 N–H and O–H groups in total. The lowest BCUT2D eigenvalue weighted by Gasteiger charge is -2.31. The molecule has 1 atom stereocenters. The van der Waals surface area contributed by atoms with Crippen LogP contribution in [-0.2, 0) is 32.5 Å². The predicted molar refractivity (Wildman–Crippen MR) is 131 cm³/mol. The van der Waals surface area contributed by atoms with E-state index in [1.54, 1.807) is 35.2 Å². The average molecular weight is 495 g/mol. The van der Waals surface area contributed by atoms with Crippen molar-refractivity contribution < 1.29 is 22.7 Å². The molecular formula is C25H26N4O5S. The fraction of sp³-hybridized carbons (Fsp3) is 0.320. The van der Waals surface area contributed by atoms with Gasteiger partial charge in [0.05, 0.1) is 17.6 Å². The highest BCUT2D eigenvalue weighted by Crippen LogP contribution is 2.30. The van der Waals surface area contributed by atoms with Crippen molar-refractivity contribution in [2.45, 2.75) is 37.8 Å². The lowest BCUT2D eigenvalue weighted by molar-refractivity contribution is -0.134. The van der Waals surface area contributed by atoms with Crippen LogP contribution in [0.5, 0.6) is 0 Å². The van der Waals surface area contributed by atoms with Crippen LogP contribution in [0.15, 0.2) is 52.4 Å². The third-order valence-corrected chi connectivity index (χ3v) is 7.92. The highest BCUT2D eigenvalue weighted by Gasteiger charge is 2.35. The van der Waals surface area contributed by atoms with Gasteiger partial charge in [-0.1, -0.05) is 26.0 Å². The molecule has 9 nitrogen and oxygen atoms in total. The van der Waals surface area contributed by atoms with E-state index in [9.17, 15) is 18.0 Å². The van der Waals surface area contributed by atoms with Crippen molar-refractivity contribution in [3.63, 3.8) is 0 Å². The van der Waals surface area contributed by atoms with Crippen LogP contribution in [0.1, 0.15) is 41.0 Å². The molecule has 0 aliphatic carbocycles. The number of amidine groups is 1. The number of hydrogen-bond acceptors (Lipinski definition) is 6. The number of amides is 1. The zero-order valence-corrected chi connectivity index (χ0v) is 20.5. The van der Waals surface area contributed by atoms with Gasteiger partial charge in [0.25, 0.3) is 10.0 Å². The van der Waals surface area contributed by atoms with Gasteiger partial charge in [-0.2, -0.15) is 0 Å². The standard InChI is InChI=1S/C25H26N4O5S/c1-14(2)22(27-23-16-6-4-5-7-21(16)35(32,33)28-23)24(30)29-11-10-20-18(13-29)17-12-15(25(31)34-3)8-9-19(17)26-20/h4-9,12,14,22,26H,10-11,13H2,1-3H3,(H,27,28)/t22-/m0/s1. The normalized spacial score (nSPS) is 18.3. The molecule has 1 aromatic heterocycles. The first-order valence-electron chi connectivity index (χ1n) is 11.4. The summed E-state index contributed by atoms with van der Waals surface area (Å²) in [4.78, 5) is 35.6. The third-order valence-electron chi connectivity index (χ3n) is 6.52. The van der Waals surface area contributed by atoms with Crippen molar-refractivity contribution in [1.82, 2.24) is 14.6 Å². The minimum atomic E-state index is -3.69. The Morgan fingerprint density at radius 2 is 1.91 bits per heavy atom. The number of H-pyrrole nitrogens is 1. The number of aliphatic imine (C=N–C) groups is 1. The number of benzene rings is 2. The molecule has 0 spiro atoms. The first kappa shape index (κ1) is 23.1. The number of sulfonamides is 1. The Morgan fingerprint density at radius 3 is 2.66 bits per heavy atom. The van der Waals surface area contributed by atoms with Crippen molar-refractivity contribution in [2.24, 2.45) is 10.9 Å². The Balaban J connectivity index is 1.47. The molecule has 1 amide bonds. The van der Waals surface area contributed by atoms with E-state index in [0.717, 1.165) is 22.2 Å². The minimum Gasteiger partial charge on any atom is -0.465 e. The molecule has 0 saturated carbocycles. The number of ether oxygens (including phenoxy) is 1. The monoisotopic (exact) mass is 494 g/mol. The van der Waals surface area contributed by atoms with Gasteiger partial charge in [0.15, 0.2) is 0 Å². The van der Waals surface area contributed by atoms with Crippen LogP contribution >= 0.6 is 0 Å². The molecule has 182 valence electrons. The molecule has 0 unspecified atom stereocenters. The van der Waals surface area contributed by atoms with Crippen LogP contribution < -0.4 is 4.72 Å². The van der Waals surface area contributed by atoms with Crippen LogP contribution in [-0.4, -0.2) is 55.7 Å². The molecule has 2 aliphatic rings. The quantitative estimate of drug-likeness (QED) is 0.540. The second-order valence-electron chi connectivity index (χ2n) is 9.11. The maximum Gasteiger partial charge on any atom is 0.337 e. The summed E-state index contributed by atoms with van der Waals surface area (Å²) in [5, 5.41) is 0.880. The van der Waals surface area contributed by atoms with Crippen molar-refractivity contribution >= 4 is 38.6 Å². The first-order valence-corrected chi connectivity index (χ1v) is 12.9. The molecule has 3 heterocycles. The average Bonchev–Trinajstić information content (AvgIpc) is 3.34. The molecule has 0 fully saturated rings. The number of nitrogens with one attached hydrogen (secondary N) is 2. The van der Waals surface area contributed by atoms with E-state index in [1.807, 2.05) is 19.9 Å². The molecule has 2 aromatic carbocycles. The lowest BCUT2D eigenvalue weighted by atomic mass is 9.99. The Bertz CT molecular complexity index is 1490. The van der Waals surface area contributed by atoms with E-state index in [-0.39, 0.29) is 22.6 Å². The van der Waals surface area contributed by atoms with Gasteiger partial charge in [0.2, 0.25) is 5.91 Å². The SMILES string of the molecule is COC(=O)c1ccc2[nH]c3c(c2c1)CN(C(=O)[C@@H](N=C1NS(=O)(=O)c2ccccc21)C(C)C)CC3. The third kappa shape index (κ3) is 3.97. The second-order valence-corrected chi connectivity index (χ2v) is 10.8. The maximum absolute atomic E-state index is 13.6. The number of carbonyl (C=O) groups excluding carboxylic acids is 2. The van der Waals surface area contributed by atoms with Gasteiger partial charge in [-0.25, -0.2) is 13.2 Å².